The summed E-state index contributed by atoms with van der Waals surface area (Å²) >= 11 is 1.63. The zero-order chi connectivity index (χ0) is 20.5. The Labute approximate surface area is 171 Å². The van der Waals surface area contributed by atoms with E-state index in [0.29, 0.717) is 17.9 Å². The monoisotopic (exact) mass is 414 g/mol. The SMILES string of the molecule is Cc1cccc(-c2nc(C)c(CCNS(=O)(=O)c3c(C)cc(C)cc3C)s2)c1. The lowest BCUT2D eigenvalue weighted by Gasteiger charge is -2.13. The molecule has 0 saturated carbocycles. The molecule has 0 atom stereocenters. The molecular weight excluding hydrogens is 388 g/mol. The molecule has 0 bridgehead atoms. The maximum Gasteiger partial charge on any atom is 0.241 e. The van der Waals surface area contributed by atoms with Gasteiger partial charge in [-0.15, -0.1) is 11.3 Å². The Morgan fingerprint density at radius 3 is 2.29 bits per heavy atom. The molecular formula is C22H26N2O2S2. The summed E-state index contributed by atoms with van der Waals surface area (Å²) in [5.74, 6) is 0. The Morgan fingerprint density at radius 1 is 0.964 bits per heavy atom. The molecule has 0 aliphatic carbocycles. The van der Waals surface area contributed by atoms with Crippen LogP contribution in [0.25, 0.3) is 10.6 Å². The van der Waals surface area contributed by atoms with Crippen LogP contribution in [-0.2, 0) is 16.4 Å². The summed E-state index contributed by atoms with van der Waals surface area (Å²) in [5.41, 5.74) is 5.89. The fourth-order valence-electron chi connectivity index (χ4n) is 3.52. The largest absolute Gasteiger partial charge is 0.241 e. The fourth-order valence-corrected chi connectivity index (χ4v) is 6.06. The van der Waals surface area contributed by atoms with Crippen LogP contribution < -0.4 is 4.72 Å². The van der Waals surface area contributed by atoms with Crippen LogP contribution in [0.4, 0.5) is 0 Å². The zero-order valence-electron chi connectivity index (χ0n) is 17.0. The van der Waals surface area contributed by atoms with Crippen molar-refractivity contribution in [2.45, 2.75) is 45.9 Å². The van der Waals surface area contributed by atoms with Crippen molar-refractivity contribution in [3.8, 4) is 10.6 Å². The van der Waals surface area contributed by atoms with E-state index < -0.39 is 10.0 Å². The van der Waals surface area contributed by atoms with Gasteiger partial charge in [0, 0.05) is 17.0 Å². The predicted molar refractivity (Wildman–Crippen MR) is 117 cm³/mol. The Morgan fingerprint density at radius 2 is 1.64 bits per heavy atom. The van der Waals surface area contributed by atoms with Gasteiger partial charge >= 0.3 is 0 Å². The van der Waals surface area contributed by atoms with Crippen molar-refractivity contribution in [2.75, 3.05) is 6.54 Å². The van der Waals surface area contributed by atoms with Crippen molar-refractivity contribution in [3.05, 3.63) is 69.2 Å². The summed E-state index contributed by atoms with van der Waals surface area (Å²) in [6, 6.07) is 12.1. The Kier molecular flexibility index (Phi) is 6.03. The van der Waals surface area contributed by atoms with Crippen LogP contribution in [0, 0.1) is 34.6 Å². The van der Waals surface area contributed by atoms with E-state index in [4.69, 9.17) is 0 Å². The van der Waals surface area contributed by atoms with Gasteiger partial charge in [-0.05, 0) is 58.2 Å². The quantitative estimate of drug-likeness (QED) is 0.626. The van der Waals surface area contributed by atoms with Gasteiger partial charge in [0.1, 0.15) is 5.01 Å². The van der Waals surface area contributed by atoms with E-state index in [9.17, 15) is 8.42 Å². The standard InChI is InChI=1S/C22H26N2O2S2/c1-14-7-6-8-19(13-14)22-24-18(5)20(27-22)9-10-23-28(25,26)21-16(3)11-15(2)12-17(21)4/h6-8,11-13,23H,9-10H2,1-5H3. The molecule has 0 amide bonds. The first kappa shape index (κ1) is 20.7. The molecule has 6 heteroatoms. The lowest BCUT2D eigenvalue weighted by molar-refractivity contribution is 0.580. The van der Waals surface area contributed by atoms with Crippen LogP contribution in [0.3, 0.4) is 0 Å². The number of rotatable bonds is 6. The molecule has 3 rings (SSSR count). The molecule has 0 aliphatic rings. The second kappa shape index (κ2) is 8.15. The fraction of sp³-hybridized carbons (Fsp3) is 0.318. The zero-order valence-corrected chi connectivity index (χ0v) is 18.6. The average Bonchev–Trinajstić information content (AvgIpc) is 2.94. The number of aromatic nitrogens is 1. The van der Waals surface area contributed by atoms with E-state index in [0.717, 1.165) is 37.8 Å². The van der Waals surface area contributed by atoms with Crippen LogP contribution >= 0.6 is 11.3 Å². The van der Waals surface area contributed by atoms with Crippen LogP contribution in [0.1, 0.15) is 32.8 Å². The first-order valence-electron chi connectivity index (χ1n) is 9.28. The lowest BCUT2D eigenvalue weighted by Crippen LogP contribution is -2.27. The minimum atomic E-state index is -3.54. The minimum absolute atomic E-state index is 0.353. The molecule has 0 radical (unpaired) electrons. The van der Waals surface area contributed by atoms with E-state index in [-0.39, 0.29) is 0 Å². The molecule has 0 unspecified atom stereocenters. The summed E-state index contributed by atoms with van der Waals surface area (Å²) in [6.07, 6.45) is 0.624. The van der Waals surface area contributed by atoms with Gasteiger partial charge in [-0.2, -0.15) is 0 Å². The van der Waals surface area contributed by atoms with Crippen molar-refractivity contribution >= 4 is 21.4 Å². The van der Waals surface area contributed by atoms with Gasteiger partial charge in [-0.1, -0.05) is 41.5 Å². The number of nitrogens with one attached hydrogen (secondary N) is 1. The number of aryl methyl sites for hydroxylation is 5. The molecule has 0 spiro atoms. The van der Waals surface area contributed by atoms with E-state index in [2.05, 4.69) is 34.8 Å². The normalized spacial score (nSPS) is 11.8. The Hall–Kier alpha value is -2.02. The molecule has 0 fully saturated rings. The molecule has 4 nitrogen and oxygen atoms in total. The molecule has 1 heterocycles. The smallest absolute Gasteiger partial charge is 0.241 e. The van der Waals surface area contributed by atoms with E-state index in [1.165, 1.54) is 5.56 Å². The number of thiazole rings is 1. The van der Waals surface area contributed by atoms with Gasteiger partial charge in [0.05, 0.1) is 10.6 Å². The maximum absolute atomic E-state index is 12.8. The second-order valence-corrected chi connectivity index (χ2v) is 10.1. The molecule has 3 aromatic rings. The van der Waals surface area contributed by atoms with Gasteiger partial charge in [-0.25, -0.2) is 18.1 Å². The second-order valence-electron chi connectivity index (χ2n) is 7.27. The number of hydrogen-bond acceptors (Lipinski definition) is 4. The minimum Gasteiger partial charge on any atom is -0.241 e. The highest BCUT2D eigenvalue weighted by Crippen LogP contribution is 2.29. The van der Waals surface area contributed by atoms with E-state index in [1.807, 2.05) is 45.9 Å². The third-order valence-electron chi connectivity index (χ3n) is 4.68. The average molecular weight is 415 g/mol. The Bertz CT molecular complexity index is 1090. The third kappa shape index (κ3) is 4.51. The molecule has 1 aromatic heterocycles. The predicted octanol–water partition coefficient (Wildman–Crippen LogP) is 4.87. The highest BCUT2D eigenvalue weighted by atomic mass is 32.2. The lowest BCUT2D eigenvalue weighted by atomic mass is 10.1. The van der Waals surface area contributed by atoms with E-state index >= 15 is 0 Å². The van der Waals surface area contributed by atoms with Gasteiger partial charge in [0.15, 0.2) is 0 Å². The van der Waals surface area contributed by atoms with E-state index in [1.54, 1.807) is 11.3 Å². The molecule has 148 valence electrons. The van der Waals surface area contributed by atoms with Gasteiger partial charge < -0.3 is 0 Å². The molecule has 28 heavy (non-hydrogen) atoms. The topological polar surface area (TPSA) is 59.1 Å². The van der Waals surface area contributed by atoms with Crippen molar-refractivity contribution < 1.29 is 8.42 Å². The summed E-state index contributed by atoms with van der Waals surface area (Å²) in [4.78, 5) is 6.17. The summed E-state index contributed by atoms with van der Waals surface area (Å²) in [6.45, 7) is 10.1. The first-order valence-corrected chi connectivity index (χ1v) is 11.6. The molecule has 1 N–H and O–H groups in total. The molecule has 0 saturated heterocycles. The van der Waals surface area contributed by atoms with Crippen LogP contribution in [0.15, 0.2) is 41.3 Å². The van der Waals surface area contributed by atoms with Crippen molar-refractivity contribution in [3.63, 3.8) is 0 Å². The number of nitrogens with zero attached hydrogens (tertiary/aromatic N) is 1. The highest BCUT2D eigenvalue weighted by molar-refractivity contribution is 7.89. The Balaban J connectivity index is 1.73. The first-order chi connectivity index (χ1) is 13.2. The van der Waals surface area contributed by atoms with Crippen molar-refractivity contribution in [1.82, 2.24) is 9.71 Å². The van der Waals surface area contributed by atoms with Crippen molar-refractivity contribution in [1.29, 1.82) is 0 Å². The van der Waals surface area contributed by atoms with Crippen LogP contribution in [-0.4, -0.2) is 19.9 Å². The van der Waals surface area contributed by atoms with Gasteiger partial charge in [0.25, 0.3) is 0 Å². The summed E-state index contributed by atoms with van der Waals surface area (Å²) < 4.78 is 28.4. The summed E-state index contributed by atoms with van der Waals surface area (Å²) in [7, 11) is -3.54. The number of benzene rings is 2. The summed E-state index contributed by atoms with van der Waals surface area (Å²) in [5, 5.41) is 0.976. The molecule has 0 aliphatic heterocycles. The van der Waals surface area contributed by atoms with Gasteiger partial charge in [-0.3, -0.25) is 0 Å². The van der Waals surface area contributed by atoms with Crippen LogP contribution in [0.5, 0.6) is 0 Å². The van der Waals surface area contributed by atoms with Crippen molar-refractivity contribution in [2.24, 2.45) is 0 Å². The number of hydrogen-bond donors (Lipinski definition) is 1. The van der Waals surface area contributed by atoms with Gasteiger partial charge in [0.2, 0.25) is 10.0 Å². The van der Waals surface area contributed by atoms with Crippen LogP contribution in [0.2, 0.25) is 0 Å². The number of sulfonamides is 1. The third-order valence-corrected chi connectivity index (χ3v) is 7.71. The maximum atomic E-state index is 12.8. The molecule has 2 aromatic carbocycles. The highest BCUT2D eigenvalue weighted by Gasteiger charge is 2.20.